The lowest BCUT2D eigenvalue weighted by atomic mass is 10.2. The summed E-state index contributed by atoms with van der Waals surface area (Å²) < 4.78 is 0. The van der Waals surface area contributed by atoms with Gasteiger partial charge in [-0.3, -0.25) is 0 Å². The molecule has 76 valence electrons. The van der Waals surface area contributed by atoms with Gasteiger partial charge in [0, 0.05) is 13.6 Å². The van der Waals surface area contributed by atoms with E-state index in [2.05, 4.69) is 6.58 Å². The minimum absolute atomic E-state index is 0.0190. The van der Waals surface area contributed by atoms with Crippen LogP contribution in [-0.2, 0) is 6.61 Å². The Hall–Kier alpha value is -0.990. The number of rotatable bonds is 4. The van der Waals surface area contributed by atoms with Crippen molar-refractivity contribution in [3.63, 3.8) is 0 Å². The smallest absolute Gasteiger partial charge is 0.0682 e. The van der Waals surface area contributed by atoms with Crippen LogP contribution < -0.4 is 4.90 Å². The zero-order chi connectivity index (χ0) is 10.6. The number of anilines is 1. The zero-order valence-electron chi connectivity index (χ0n) is 8.20. The Kier molecular flexibility index (Phi) is 3.98. The van der Waals surface area contributed by atoms with E-state index in [0.29, 0.717) is 5.02 Å². The van der Waals surface area contributed by atoms with Crippen molar-refractivity contribution in [2.45, 2.75) is 6.61 Å². The molecule has 0 radical (unpaired) electrons. The molecule has 0 spiro atoms. The van der Waals surface area contributed by atoms with Crippen molar-refractivity contribution in [2.75, 3.05) is 18.5 Å². The molecule has 0 saturated carbocycles. The molecule has 0 atom stereocenters. The fourth-order valence-electron chi connectivity index (χ4n) is 1.25. The van der Waals surface area contributed by atoms with Gasteiger partial charge in [-0.2, -0.15) is 0 Å². The SMILES string of the molecule is C=CCN(C)c1ccc(CO)cc1Cl. The van der Waals surface area contributed by atoms with Crippen LogP contribution in [0.15, 0.2) is 30.9 Å². The molecule has 0 heterocycles. The number of halogens is 1. The maximum absolute atomic E-state index is 8.91. The first-order valence-electron chi connectivity index (χ1n) is 4.40. The van der Waals surface area contributed by atoms with Crippen molar-refractivity contribution in [1.82, 2.24) is 0 Å². The third-order valence-electron chi connectivity index (χ3n) is 2.01. The van der Waals surface area contributed by atoms with Crippen LogP contribution in [0.1, 0.15) is 5.56 Å². The number of benzene rings is 1. The van der Waals surface area contributed by atoms with Crippen LogP contribution in [0.4, 0.5) is 5.69 Å². The van der Waals surface area contributed by atoms with Gasteiger partial charge in [-0.15, -0.1) is 6.58 Å². The van der Waals surface area contributed by atoms with Crippen LogP contribution in [-0.4, -0.2) is 18.7 Å². The largest absolute Gasteiger partial charge is 0.392 e. The third-order valence-corrected chi connectivity index (χ3v) is 2.31. The Bertz CT molecular complexity index is 325. The quantitative estimate of drug-likeness (QED) is 0.774. The average molecular weight is 212 g/mol. The molecule has 0 fully saturated rings. The van der Waals surface area contributed by atoms with Crippen LogP contribution in [0.5, 0.6) is 0 Å². The summed E-state index contributed by atoms with van der Waals surface area (Å²) in [5.41, 5.74) is 1.77. The van der Waals surface area contributed by atoms with E-state index in [9.17, 15) is 0 Å². The summed E-state index contributed by atoms with van der Waals surface area (Å²) in [6.07, 6.45) is 1.82. The van der Waals surface area contributed by atoms with Crippen molar-refractivity contribution in [3.8, 4) is 0 Å². The van der Waals surface area contributed by atoms with Gasteiger partial charge in [0.25, 0.3) is 0 Å². The highest BCUT2D eigenvalue weighted by atomic mass is 35.5. The summed E-state index contributed by atoms with van der Waals surface area (Å²) >= 11 is 6.05. The van der Waals surface area contributed by atoms with E-state index in [1.165, 1.54) is 0 Å². The topological polar surface area (TPSA) is 23.5 Å². The maximum atomic E-state index is 8.91. The molecular formula is C11H14ClNO. The van der Waals surface area contributed by atoms with Crippen molar-refractivity contribution in [2.24, 2.45) is 0 Å². The summed E-state index contributed by atoms with van der Waals surface area (Å²) in [4.78, 5) is 2.00. The molecule has 1 N–H and O–H groups in total. The Balaban J connectivity index is 2.93. The molecule has 0 aromatic heterocycles. The number of aliphatic hydroxyl groups is 1. The van der Waals surface area contributed by atoms with Gasteiger partial charge in [0.2, 0.25) is 0 Å². The molecule has 0 unspecified atom stereocenters. The number of hydrogen-bond donors (Lipinski definition) is 1. The summed E-state index contributed by atoms with van der Waals surface area (Å²) in [6, 6.07) is 5.54. The van der Waals surface area contributed by atoms with Gasteiger partial charge in [-0.05, 0) is 17.7 Å². The van der Waals surface area contributed by atoms with E-state index in [1.54, 1.807) is 6.07 Å². The van der Waals surface area contributed by atoms with Gasteiger partial charge in [0.15, 0.2) is 0 Å². The standard InChI is InChI=1S/C11H14ClNO/c1-3-6-13(2)11-5-4-9(8-14)7-10(11)12/h3-5,7,14H,1,6,8H2,2H3. The number of aliphatic hydroxyl groups excluding tert-OH is 1. The second-order valence-electron chi connectivity index (χ2n) is 3.11. The third kappa shape index (κ3) is 2.50. The highest BCUT2D eigenvalue weighted by Crippen LogP contribution is 2.25. The van der Waals surface area contributed by atoms with Gasteiger partial charge in [-0.25, -0.2) is 0 Å². The van der Waals surface area contributed by atoms with Gasteiger partial charge in [0.1, 0.15) is 0 Å². The lowest BCUT2D eigenvalue weighted by Gasteiger charge is -2.18. The average Bonchev–Trinajstić information content (AvgIpc) is 2.17. The number of likely N-dealkylation sites (N-methyl/N-ethyl adjacent to an activating group) is 1. The predicted molar refractivity (Wildman–Crippen MR) is 60.8 cm³/mol. The lowest BCUT2D eigenvalue weighted by Crippen LogP contribution is -2.16. The van der Waals surface area contributed by atoms with E-state index >= 15 is 0 Å². The summed E-state index contributed by atoms with van der Waals surface area (Å²) in [5, 5.41) is 9.56. The normalized spacial score (nSPS) is 9.93. The van der Waals surface area contributed by atoms with Crippen LogP contribution in [0.2, 0.25) is 5.02 Å². The van der Waals surface area contributed by atoms with Gasteiger partial charge < -0.3 is 10.0 Å². The van der Waals surface area contributed by atoms with E-state index in [-0.39, 0.29) is 6.61 Å². The van der Waals surface area contributed by atoms with E-state index in [1.807, 2.05) is 30.2 Å². The molecule has 0 amide bonds. The van der Waals surface area contributed by atoms with E-state index in [4.69, 9.17) is 16.7 Å². The van der Waals surface area contributed by atoms with Crippen molar-refractivity contribution >= 4 is 17.3 Å². The molecule has 1 rings (SSSR count). The Labute approximate surface area is 89.4 Å². The van der Waals surface area contributed by atoms with Crippen molar-refractivity contribution in [1.29, 1.82) is 0 Å². The predicted octanol–water partition coefficient (Wildman–Crippen LogP) is 2.45. The molecule has 2 nitrogen and oxygen atoms in total. The molecule has 1 aromatic rings. The first kappa shape index (κ1) is 11.1. The fraction of sp³-hybridized carbons (Fsp3) is 0.273. The Morgan fingerprint density at radius 1 is 1.57 bits per heavy atom. The Morgan fingerprint density at radius 3 is 2.79 bits per heavy atom. The van der Waals surface area contributed by atoms with Crippen LogP contribution >= 0.6 is 11.6 Å². The van der Waals surface area contributed by atoms with Crippen molar-refractivity contribution in [3.05, 3.63) is 41.4 Å². The highest BCUT2D eigenvalue weighted by Gasteiger charge is 2.04. The molecular weight excluding hydrogens is 198 g/mol. The monoisotopic (exact) mass is 211 g/mol. The van der Waals surface area contributed by atoms with Crippen molar-refractivity contribution < 1.29 is 5.11 Å². The molecule has 14 heavy (non-hydrogen) atoms. The molecule has 0 aliphatic heterocycles. The number of nitrogens with zero attached hydrogens (tertiary/aromatic N) is 1. The van der Waals surface area contributed by atoms with Gasteiger partial charge in [-0.1, -0.05) is 23.7 Å². The summed E-state index contributed by atoms with van der Waals surface area (Å²) in [7, 11) is 1.95. The van der Waals surface area contributed by atoms with Gasteiger partial charge in [0.05, 0.1) is 17.3 Å². The first-order valence-corrected chi connectivity index (χ1v) is 4.78. The molecule has 0 saturated heterocycles. The molecule has 0 aliphatic carbocycles. The molecule has 0 bridgehead atoms. The van der Waals surface area contributed by atoms with E-state index < -0.39 is 0 Å². The molecule has 1 aromatic carbocycles. The second-order valence-corrected chi connectivity index (χ2v) is 3.52. The van der Waals surface area contributed by atoms with Crippen LogP contribution in [0.25, 0.3) is 0 Å². The maximum Gasteiger partial charge on any atom is 0.0682 e. The van der Waals surface area contributed by atoms with E-state index in [0.717, 1.165) is 17.8 Å². The minimum Gasteiger partial charge on any atom is -0.392 e. The second kappa shape index (κ2) is 5.03. The summed E-state index contributed by atoms with van der Waals surface area (Å²) in [6.45, 7) is 4.43. The minimum atomic E-state index is 0.0190. The molecule has 0 aliphatic rings. The lowest BCUT2D eigenvalue weighted by molar-refractivity contribution is 0.282. The highest BCUT2D eigenvalue weighted by molar-refractivity contribution is 6.33. The fourth-order valence-corrected chi connectivity index (χ4v) is 1.60. The first-order chi connectivity index (χ1) is 6.69. The Morgan fingerprint density at radius 2 is 2.29 bits per heavy atom. The summed E-state index contributed by atoms with van der Waals surface area (Å²) in [5.74, 6) is 0. The molecule has 3 heteroatoms. The zero-order valence-corrected chi connectivity index (χ0v) is 8.96. The van der Waals surface area contributed by atoms with Crippen LogP contribution in [0.3, 0.4) is 0 Å². The number of hydrogen-bond acceptors (Lipinski definition) is 2. The van der Waals surface area contributed by atoms with Crippen LogP contribution in [0, 0.1) is 0 Å². The van der Waals surface area contributed by atoms with Gasteiger partial charge >= 0.3 is 0 Å².